The molecular formula is C31H37F2N4O13P. The molecule has 1 aromatic heterocycles. The summed E-state index contributed by atoms with van der Waals surface area (Å²) in [7, 11) is -3.48. The number of nitrogens with zero attached hydrogens (tertiary/aromatic N) is 3. The Kier molecular flexibility index (Phi) is 11.0. The zero-order chi connectivity index (χ0) is 37.2. The van der Waals surface area contributed by atoms with Crippen LogP contribution in [0.2, 0.25) is 0 Å². The maximum absolute atomic E-state index is 14.3. The van der Waals surface area contributed by atoms with Crippen molar-refractivity contribution in [3.8, 4) is 5.75 Å². The number of fused-ring (bicyclic) bond motifs is 5. The number of carbonyl (C=O) groups is 3. The SMILES string of the molecule is COC1=NO[C@@]2(CC[C@H](C)N3C[C@H]2n2cc(C(=O)NCc4ccc(F)cc4F)c(=O)c(OCOC(=O)OC[C@H](OP(=O)(O)O)C(C)C)c2C3=O)C1. The van der Waals surface area contributed by atoms with Crippen LogP contribution in [0.4, 0.5) is 13.6 Å². The number of benzene rings is 1. The first-order chi connectivity index (χ1) is 24.0. The molecule has 5 rings (SSSR count). The molecule has 2 amide bonds. The highest BCUT2D eigenvalue weighted by Crippen LogP contribution is 2.46. The molecule has 3 aliphatic heterocycles. The molecule has 3 N–H and O–H groups in total. The number of amides is 2. The zero-order valence-electron chi connectivity index (χ0n) is 28.0. The Morgan fingerprint density at radius 1 is 1.22 bits per heavy atom. The number of carbonyl (C=O) groups excluding carboxylic acids is 3. The molecule has 17 nitrogen and oxygen atoms in total. The highest BCUT2D eigenvalue weighted by molar-refractivity contribution is 7.46. The van der Waals surface area contributed by atoms with Crippen LogP contribution in [0.15, 0.2) is 34.3 Å². The summed E-state index contributed by atoms with van der Waals surface area (Å²) in [6.07, 6.45) is -0.288. The number of phosphoric acid groups is 1. The molecule has 2 bridgehead atoms. The molecule has 1 saturated heterocycles. The molecule has 3 aliphatic rings. The average molecular weight is 743 g/mol. The number of methoxy groups -OCH3 is 1. The van der Waals surface area contributed by atoms with Gasteiger partial charge in [0, 0.05) is 37.0 Å². The molecule has 0 aliphatic carbocycles. The largest absolute Gasteiger partial charge is 0.511 e. The molecule has 1 aromatic carbocycles. The van der Waals surface area contributed by atoms with E-state index in [1.807, 2.05) is 6.92 Å². The van der Waals surface area contributed by atoms with E-state index < -0.39 is 97.8 Å². The van der Waals surface area contributed by atoms with Crippen molar-refractivity contribution in [1.82, 2.24) is 14.8 Å². The predicted octanol–water partition coefficient (Wildman–Crippen LogP) is 2.98. The summed E-state index contributed by atoms with van der Waals surface area (Å²) in [5, 5.41) is 6.49. The normalized spacial score (nSPS) is 21.7. The van der Waals surface area contributed by atoms with Gasteiger partial charge in [-0.15, -0.1) is 0 Å². The molecule has 20 heteroatoms. The number of aromatic nitrogens is 1. The van der Waals surface area contributed by atoms with Crippen LogP contribution in [0.25, 0.3) is 0 Å². The Morgan fingerprint density at radius 2 is 1.96 bits per heavy atom. The minimum Gasteiger partial charge on any atom is -0.482 e. The predicted molar refractivity (Wildman–Crippen MR) is 170 cm³/mol. The van der Waals surface area contributed by atoms with Crippen LogP contribution in [0.5, 0.6) is 5.75 Å². The maximum atomic E-state index is 14.3. The van der Waals surface area contributed by atoms with Crippen LogP contribution in [-0.2, 0) is 34.7 Å². The van der Waals surface area contributed by atoms with Gasteiger partial charge in [0.1, 0.15) is 29.9 Å². The van der Waals surface area contributed by atoms with E-state index in [0.29, 0.717) is 24.8 Å². The van der Waals surface area contributed by atoms with E-state index in [9.17, 15) is 32.5 Å². The van der Waals surface area contributed by atoms with Gasteiger partial charge in [0.15, 0.2) is 11.3 Å². The fourth-order valence-corrected chi connectivity index (χ4v) is 6.75. The van der Waals surface area contributed by atoms with Crippen molar-refractivity contribution >= 4 is 31.7 Å². The van der Waals surface area contributed by atoms with Gasteiger partial charge in [-0.2, -0.15) is 0 Å². The fourth-order valence-electron chi connectivity index (χ4n) is 6.10. The lowest BCUT2D eigenvalue weighted by Crippen LogP contribution is -2.52. The van der Waals surface area contributed by atoms with Crippen LogP contribution in [0.1, 0.15) is 72.5 Å². The van der Waals surface area contributed by atoms with E-state index in [-0.39, 0.29) is 30.3 Å². The molecule has 0 saturated carbocycles. The summed E-state index contributed by atoms with van der Waals surface area (Å²) >= 11 is 0. The topological polar surface area (TPSA) is 214 Å². The zero-order valence-corrected chi connectivity index (χ0v) is 28.9. The van der Waals surface area contributed by atoms with Crippen molar-refractivity contribution in [1.29, 1.82) is 0 Å². The third-order valence-electron chi connectivity index (χ3n) is 8.96. The number of hydrogen-bond donors (Lipinski definition) is 3. The first kappa shape index (κ1) is 37.7. The summed E-state index contributed by atoms with van der Waals surface area (Å²) in [5.74, 6) is -4.19. The molecule has 2 aromatic rings. The first-order valence-electron chi connectivity index (χ1n) is 15.8. The molecular weight excluding hydrogens is 705 g/mol. The number of rotatable bonds is 11. The fraction of sp³-hybridized carbons (Fsp3) is 0.516. The van der Waals surface area contributed by atoms with Gasteiger partial charge in [-0.3, -0.25) is 18.9 Å². The van der Waals surface area contributed by atoms with Crippen molar-refractivity contribution in [2.75, 3.05) is 27.1 Å². The highest BCUT2D eigenvalue weighted by Gasteiger charge is 2.55. The minimum absolute atomic E-state index is 0.0665. The van der Waals surface area contributed by atoms with Crippen molar-refractivity contribution in [2.24, 2.45) is 11.1 Å². The summed E-state index contributed by atoms with van der Waals surface area (Å²) in [6.45, 7) is 3.04. The monoisotopic (exact) mass is 742 g/mol. The number of halogens is 2. The van der Waals surface area contributed by atoms with E-state index in [0.717, 1.165) is 12.1 Å². The quantitative estimate of drug-likeness (QED) is 0.172. The van der Waals surface area contributed by atoms with Crippen LogP contribution >= 0.6 is 7.82 Å². The second kappa shape index (κ2) is 15.0. The second-order valence-electron chi connectivity index (χ2n) is 12.6. The van der Waals surface area contributed by atoms with Crippen LogP contribution in [0.3, 0.4) is 0 Å². The Balaban J connectivity index is 1.47. The number of hydrogen-bond acceptors (Lipinski definition) is 12. The molecule has 278 valence electrons. The lowest BCUT2D eigenvalue weighted by atomic mass is 9.85. The Bertz CT molecular complexity index is 1830. The molecule has 4 atom stereocenters. The van der Waals surface area contributed by atoms with E-state index in [4.69, 9.17) is 33.6 Å². The smallest absolute Gasteiger partial charge is 0.482 e. The van der Waals surface area contributed by atoms with E-state index in [2.05, 4.69) is 15.0 Å². The van der Waals surface area contributed by atoms with Gasteiger partial charge in [0.25, 0.3) is 11.8 Å². The number of ether oxygens (including phenoxy) is 4. The molecule has 1 fully saturated rings. The van der Waals surface area contributed by atoms with E-state index in [1.165, 1.54) is 22.8 Å². The van der Waals surface area contributed by atoms with Gasteiger partial charge in [-0.1, -0.05) is 25.1 Å². The van der Waals surface area contributed by atoms with E-state index >= 15 is 0 Å². The molecule has 51 heavy (non-hydrogen) atoms. The summed E-state index contributed by atoms with van der Waals surface area (Å²) in [4.78, 5) is 79.6. The average Bonchev–Trinajstić information content (AvgIpc) is 3.44. The standard InChI is InChI=1S/C31H37F2N4O13P/c1-16(2)22(49-51(42,43)44)14-46-30(41)48-15-47-27-25-29(40)36-13-23(31(8-7-17(36)3)10-24(45-4)35-50-31)37(25)12-20(26(27)38)28(39)34-11-18-5-6-19(32)9-21(18)33/h5-6,9,12,16-17,22-23H,7-8,10-11,13-15H2,1-4H3,(H,34,39)(H2,42,43,44)/t17-,22-,23+,31-/m0/s1. The lowest BCUT2D eigenvalue weighted by Gasteiger charge is -2.42. The number of pyridine rings is 1. The second-order valence-corrected chi connectivity index (χ2v) is 13.8. The van der Waals surface area contributed by atoms with Crippen LogP contribution in [-0.4, -0.2) is 87.9 Å². The van der Waals surface area contributed by atoms with Gasteiger partial charge in [0.2, 0.25) is 23.9 Å². The molecule has 0 radical (unpaired) electrons. The van der Waals surface area contributed by atoms with Crippen LogP contribution in [0, 0.1) is 17.6 Å². The number of oxime groups is 1. The van der Waals surface area contributed by atoms with Gasteiger partial charge in [-0.25, -0.2) is 18.1 Å². The van der Waals surface area contributed by atoms with Crippen molar-refractivity contribution in [3.63, 3.8) is 0 Å². The van der Waals surface area contributed by atoms with Gasteiger partial charge >= 0.3 is 14.0 Å². The molecule has 1 spiro atoms. The molecule has 4 heterocycles. The van der Waals surface area contributed by atoms with Gasteiger partial charge in [0.05, 0.1) is 19.6 Å². The maximum Gasteiger partial charge on any atom is 0.511 e. The van der Waals surface area contributed by atoms with E-state index in [1.54, 1.807) is 13.8 Å². The van der Waals surface area contributed by atoms with Crippen molar-refractivity contribution in [2.45, 2.75) is 70.4 Å². The third kappa shape index (κ3) is 8.16. The van der Waals surface area contributed by atoms with Gasteiger partial charge < -0.3 is 48.4 Å². The Morgan fingerprint density at radius 3 is 2.61 bits per heavy atom. The summed E-state index contributed by atoms with van der Waals surface area (Å²) in [6, 6.07) is 1.72. The molecule has 0 unspecified atom stereocenters. The lowest BCUT2D eigenvalue weighted by molar-refractivity contribution is -0.0658. The third-order valence-corrected chi connectivity index (χ3v) is 9.51. The summed E-state index contributed by atoms with van der Waals surface area (Å²) in [5.41, 5.74) is -2.99. The first-order valence-corrected chi connectivity index (χ1v) is 17.3. The number of phosphoric ester groups is 1. The highest BCUT2D eigenvalue weighted by atomic mass is 31.2. The number of nitrogens with one attached hydrogen (secondary N) is 1. The Hall–Kier alpha value is -4.58. The summed E-state index contributed by atoms with van der Waals surface area (Å²) < 4.78 is 65.8. The van der Waals surface area contributed by atoms with Gasteiger partial charge in [-0.05, 0) is 31.7 Å². The van der Waals surface area contributed by atoms with Crippen molar-refractivity contribution in [3.05, 3.63) is 63.1 Å². The van der Waals surface area contributed by atoms with Crippen molar-refractivity contribution < 1.29 is 65.8 Å². The minimum atomic E-state index is -4.91. The van der Waals surface area contributed by atoms with Crippen LogP contribution < -0.4 is 15.5 Å². The Labute approximate surface area is 289 Å².